The van der Waals surface area contributed by atoms with Crippen LogP contribution in [-0.4, -0.2) is 246 Å². The number of hydrogen-bond acceptors (Lipinski definition) is 28. The monoisotopic (exact) mass is 1060 g/mol. The molecule has 4 heterocycles. The number of carbonyl (C=O) groups is 2. The molecule has 0 aromatic carbocycles. The molecule has 0 aliphatic carbocycles. The Balaban J connectivity index is 0.00000817. The number of nitrogens with zero attached hydrogens (tertiary/aromatic N) is 3. The molecule has 0 unspecified atom stereocenters. The summed E-state index contributed by atoms with van der Waals surface area (Å²) >= 11 is 0. The molecule has 0 bridgehead atoms. The number of hydrogen-bond donors (Lipinski definition) is 11. The fraction of sp³-hybridized carbons (Fsp3) is 0.939. The van der Waals surface area contributed by atoms with Crippen molar-refractivity contribution in [2.75, 3.05) is 39.6 Å². The van der Waals surface area contributed by atoms with Gasteiger partial charge in [-0.25, -0.2) is 16.8 Å². The molecule has 36 heteroatoms. The molecule has 69 heavy (non-hydrogen) atoms. The third-order valence-corrected chi connectivity index (χ3v) is 11.5. The molecular formula is C33H55N5Na2O27S2. The predicted octanol–water partition coefficient (Wildman–Crippen LogP) is -14.0. The van der Waals surface area contributed by atoms with Gasteiger partial charge in [-0.15, -0.1) is 0 Å². The maximum atomic E-state index is 12.5. The van der Waals surface area contributed by atoms with Crippen LogP contribution >= 0.6 is 0 Å². The largest absolute Gasteiger partial charge is 1.00 e. The molecule has 32 nitrogen and oxygen atoms in total. The summed E-state index contributed by atoms with van der Waals surface area (Å²) in [5, 5.41) is 105. The third-order valence-electron chi connectivity index (χ3n) is 10.6. The second-order valence-electron chi connectivity index (χ2n) is 15.5. The molecule has 20 atom stereocenters. The van der Waals surface area contributed by atoms with Crippen LogP contribution in [0.4, 0.5) is 0 Å². The van der Waals surface area contributed by atoms with Gasteiger partial charge in [0.1, 0.15) is 97.5 Å². The van der Waals surface area contributed by atoms with E-state index >= 15 is 0 Å². The molecule has 4 saturated heterocycles. The first kappa shape index (κ1) is 64.4. The summed E-state index contributed by atoms with van der Waals surface area (Å²) in [6.45, 7) is -2.05. The van der Waals surface area contributed by atoms with Crippen LogP contribution in [0.15, 0.2) is 5.11 Å². The van der Waals surface area contributed by atoms with E-state index in [0.717, 1.165) is 13.8 Å². The molecule has 0 radical (unpaired) electrons. The van der Waals surface area contributed by atoms with Crippen LogP contribution in [0.25, 0.3) is 10.4 Å². The number of nitrogens with one attached hydrogen (secondary N) is 2. The van der Waals surface area contributed by atoms with Gasteiger partial charge in [0.2, 0.25) is 32.6 Å². The summed E-state index contributed by atoms with van der Waals surface area (Å²) in [4.78, 5) is 27.7. The Morgan fingerprint density at radius 3 is 1.42 bits per heavy atom. The van der Waals surface area contributed by atoms with Gasteiger partial charge in [0, 0.05) is 31.9 Å². The fourth-order valence-electron chi connectivity index (χ4n) is 7.35. The molecule has 11 N–H and O–H groups in total. The Hall–Kier alpha value is -0.690. The van der Waals surface area contributed by atoms with Crippen molar-refractivity contribution < 1.29 is 187 Å². The zero-order chi connectivity index (χ0) is 50.0. The number of unbranched alkanes of at least 4 members (excludes halogenated alkanes) is 2. The maximum Gasteiger partial charge on any atom is 1.00 e. The number of amides is 2. The second kappa shape index (κ2) is 29.4. The van der Waals surface area contributed by atoms with Gasteiger partial charge >= 0.3 is 59.1 Å². The fourth-order valence-corrected chi connectivity index (χ4v) is 7.95. The summed E-state index contributed by atoms with van der Waals surface area (Å²) in [7, 11) is -10.7. The minimum absolute atomic E-state index is 0. The van der Waals surface area contributed by atoms with Crippen molar-refractivity contribution in [3.63, 3.8) is 0 Å². The van der Waals surface area contributed by atoms with E-state index in [-0.39, 0.29) is 72.3 Å². The smallest absolute Gasteiger partial charge is 0.726 e. The van der Waals surface area contributed by atoms with Crippen molar-refractivity contribution in [2.45, 2.75) is 156 Å². The zero-order valence-corrected chi connectivity index (χ0v) is 43.1. The first-order valence-corrected chi connectivity index (χ1v) is 23.0. The van der Waals surface area contributed by atoms with Crippen molar-refractivity contribution in [3.05, 3.63) is 10.4 Å². The van der Waals surface area contributed by atoms with Gasteiger partial charge in [-0.1, -0.05) is 11.5 Å². The third kappa shape index (κ3) is 18.9. The summed E-state index contributed by atoms with van der Waals surface area (Å²) in [5.41, 5.74) is 8.55. The van der Waals surface area contributed by atoms with Gasteiger partial charge in [-0.3, -0.25) is 18.0 Å². The summed E-state index contributed by atoms with van der Waals surface area (Å²) < 4.78 is 121. The van der Waals surface area contributed by atoms with Crippen LogP contribution < -0.4 is 69.7 Å². The molecule has 388 valence electrons. The first-order chi connectivity index (χ1) is 31.4. The Morgan fingerprint density at radius 1 is 0.594 bits per heavy atom. The van der Waals surface area contributed by atoms with Gasteiger partial charge in [0.05, 0.1) is 26.4 Å². The van der Waals surface area contributed by atoms with Crippen LogP contribution in [0.3, 0.4) is 0 Å². The number of azide groups is 1. The summed E-state index contributed by atoms with van der Waals surface area (Å²) in [5.74, 6) is -1.59. The van der Waals surface area contributed by atoms with E-state index in [0.29, 0.717) is 19.3 Å². The van der Waals surface area contributed by atoms with Crippen molar-refractivity contribution in [3.8, 4) is 0 Å². The summed E-state index contributed by atoms with van der Waals surface area (Å²) in [6.07, 6.45) is -33.7. The molecule has 4 rings (SSSR count). The summed E-state index contributed by atoms with van der Waals surface area (Å²) in [6, 6.07) is -3.20. The van der Waals surface area contributed by atoms with Gasteiger partial charge in [-0.2, -0.15) is 0 Å². The van der Waals surface area contributed by atoms with Crippen LogP contribution in [-0.2, 0) is 76.6 Å². The van der Waals surface area contributed by atoms with E-state index in [4.69, 9.17) is 43.4 Å². The second-order valence-corrected chi connectivity index (χ2v) is 17.6. The van der Waals surface area contributed by atoms with Crippen LogP contribution in [0, 0.1) is 0 Å². The van der Waals surface area contributed by atoms with Crippen molar-refractivity contribution in [1.29, 1.82) is 0 Å². The average Bonchev–Trinajstić information content (AvgIpc) is 3.24. The van der Waals surface area contributed by atoms with Gasteiger partial charge in [0.25, 0.3) is 0 Å². The molecular weight excluding hydrogens is 1010 g/mol. The van der Waals surface area contributed by atoms with Gasteiger partial charge in [0.15, 0.2) is 25.2 Å². The zero-order valence-electron chi connectivity index (χ0n) is 37.4. The van der Waals surface area contributed by atoms with E-state index in [2.05, 4.69) is 29.0 Å². The molecule has 4 aliphatic heterocycles. The Labute approximate surface area is 438 Å². The molecule has 4 fully saturated rings. The van der Waals surface area contributed by atoms with Crippen molar-refractivity contribution >= 4 is 32.6 Å². The SMILES string of the molecule is CC(=O)N[C@H]1[C@H](OC[C@H]2O[C@@H](OCCCCCN=[N+]=[N-])[C@H](NC(C)=O)[C@@H](O[C@@H]3O[C@H](COS(=O)(=O)[O-])[C@@H](O)[C@H](O)[C@H]3O)[C@H]2O)O[C@H](CO)[C@H](O)[C@@H]1O[C@@H]1O[C@H](COS(=O)(=O)[O-])[C@@H](O)[C@H](O)[C@H]1O.[Na+].[Na+]. The number of ether oxygens (including phenoxy) is 8. The van der Waals surface area contributed by atoms with E-state index in [9.17, 15) is 81.5 Å². The van der Waals surface area contributed by atoms with Crippen LogP contribution in [0.1, 0.15) is 33.1 Å². The van der Waals surface area contributed by atoms with E-state index in [1.54, 1.807) is 0 Å². The Morgan fingerprint density at radius 2 is 1.00 bits per heavy atom. The average molecular weight is 1060 g/mol. The topological polar surface area (TPSA) is 496 Å². The van der Waals surface area contributed by atoms with Crippen molar-refractivity contribution in [1.82, 2.24) is 10.6 Å². The van der Waals surface area contributed by atoms with E-state index < -0.39 is 182 Å². The molecule has 4 aliphatic rings. The Kier molecular flexibility index (Phi) is 27.5. The van der Waals surface area contributed by atoms with Crippen LogP contribution in [0.2, 0.25) is 0 Å². The normalized spacial score (nSPS) is 38.4. The number of aliphatic hydroxyl groups is 9. The van der Waals surface area contributed by atoms with E-state index in [1.165, 1.54) is 0 Å². The quantitative estimate of drug-likeness (QED) is 0.00861. The number of carbonyl (C=O) groups excluding carboxylic acids is 2. The van der Waals surface area contributed by atoms with Crippen molar-refractivity contribution in [2.24, 2.45) is 5.11 Å². The standard InChI is InChI=1S/C33H57N5O27S2.2Na/c1-12(40)36-18-29(65-33-27(49)25(47)21(43)17(63-33)11-59-67(53,54)55)23(45)15(61-30(18)56-7-5-3-4-6-35-38-34)9-57-31-19(37-13(2)41)28(22(44)14(8-39)60-31)64-32-26(48)24(46)20(42)16(62-32)10-58-66(50,51)52;;/h14-33,39,42-49H,3-11H2,1-2H3,(H,36,40)(H,37,41)(H,50,51,52)(H,53,54,55);;/q;2*+1/p-2/t14-,15-,16-,17-,18-,19-,20-,21-,22+,23+,24+,25+,26-,27-,28-,29-,30-,31-,32+,33+;;/m1../s1. The van der Waals surface area contributed by atoms with E-state index in [1.807, 2.05) is 0 Å². The molecule has 0 aromatic heterocycles. The molecule has 0 aromatic rings. The minimum atomic E-state index is -5.37. The van der Waals surface area contributed by atoms with Crippen LogP contribution in [0.5, 0.6) is 0 Å². The molecule has 2 amide bonds. The first-order valence-electron chi connectivity index (χ1n) is 20.3. The Bertz CT molecular complexity index is 1880. The van der Waals surface area contributed by atoms with Gasteiger partial charge < -0.3 is 104 Å². The maximum absolute atomic E-state index is 12.5. The minimum Gasteiger partial charge on any atom is -0.726 e. The number of rotatable bonds is 23. The molecule has 0 spiro atoms. The van der Waals surface area contributed by atoms with Gasteiger partial charge in [-0.05, 0) is 18.4 Å². The number of aliphatic hydroxyl groups excluding tert-OH is 9. The predicted molar refractivity (Wildman–Crippen MR) is 206 cm³/mol. The molecule has 0 saturated carbocycles.